The van der Waals surface area contributed by atoms with Crippen molar-refractivity contribution in [3.05, 3.63) is 124 Å². The molecule has 0 fully saturated rings. The number of rotatable bonds is 4. The molecule has 0 saturated heterocycles. The van der Waals surface area contributed by atoms with E-state index in [4.69, 9.17) is 0 Å². The maximum atomic E-state index is 3.70. The van der Waals surface area contributed by atoms with Crippen LogP contribution in [-0.2, 0) is 21.1 Å². The Hall–Kier alpha value is -3.07. The Bertz CT molecular complexity index is 1540. The van der Waals surface area contributed by atoms with Crippen molar-refractivity contribution >= 4 is 45.9 Å². The Balaban J connectivity index is 0.00000152. The largest absolute Gasteiger partial charge is 4.00 e. The van der Waals surface area contributed by atoms with E-state index in [1.54, 1.807) is 0 Å². The van der Waals surface area contributed by atoms with Gasteiger partial charge in [-0.2, -0.15) is 54.3 Å². The van der Waals surface area contributed by atoms with Gasteiger partial charge in [-0.1, -0.05) is 59.8 Å². The third-order valence-corrected chi connectivity index (χ3v) is 10.2. The summed E-state index contributed by atoms with van der Waals surface area (Å²) in [5, 5.41) is 5.26. The van der Waals surface area contributed by atoms with Gasteiger partial charge in [-0.25, -0.2) is 0 Å². The number of fused-ring (bicyclic) bond motifs is 3. The van der Waals surface area contributed by atoms with Crippen LogP contribution < -0.4 is 15.3 Å². The molecule has 0 atom stereocenters. The van der Waals surface area contributed by atoms with Gasteiger partial charge in [0.2, 0.25) is 0 Å². The number of nitrogens with zero attached hydrogens (tertiary/aromatic N) is 3. The van der Waals surface area contributed by atoms with Gasteiger partial charge in [0.1, 0.15) is 0 Å². The standard InChI is InChI=1S/C30H26N3Si.CH3.Pt/c1-31-18-19-32(22-31)24-12-9-13-25(20-24)34(2,3)26-16-17-30-28(21-26)27-14-7-8-15-29(27)33(30)23-10-5-4-6-11-23;;/h4-10,12-15,17-22H,1-3H3;1H3;/q-3;-1;+4. The van der Waals surface area contributed by atoms with Crippen molar-refractivity contribution in [1.29, 1.82) is 0 Å². The predicted molar refractivity (Wildman–Crippen MR) is 152 cm³/mol. The van der Waals surface area contributed by atoms with Crippen molar-refractivity contribution in [2.45, 2.75) is 13.1 Å². The van der Waals surface area contributed by atoms with E-state index in [2.05, 4.69) is 131 Å². The second kappa shape index (κ2) is 10.1. The van der Waals surface area contributed by atoms with Crippen LogP contribution in [0.25, 0.3) is 27.5 Å². The van der Waals surface area contributed by atoms with Crippen LogP contribution in [-0.4, -0.2) is 24.6 Å². The smallest absolute Gasteiger partial charge is 0.510 e. The number of aromatic nitrogens is 1. The SMILES string of the molecule is CN1C=CN(c2cccc([Si](C)(C)c3[c-]cc4c(c3)c3ccccc3n4-c3[c-]cccc3)c2)[CH-]1.[CH3-].[Pt+4]. The van der Waals surface area contributed by atoms with Crippen LogP contribution in [0.2, 0.25) is 13.1 Å². The van der Waals surface area contributed by atoms with Crippen molar-refractivity contribution in [3.8, 4) is 5.69 Å². The van der Waals surface area contributed by atoms with Crippen LogP contribution >= 0.6 is 0 Å². The summed E-state index contributed by atoms with van der Waals surface area (Å²) in [7, 11) is 0.0681. The third kappa shape index (κ3) is 4.34. The van der Waals surface area contributed by atoms with Gasteiger partial charge in [-0.05, 0) is 43.0 Å². The van der Waals surface area contributed by atoms with E-state index in [1.807, 2.05) is 19.2 Å². The van der Waals surface area contributed by atoms with Gasteiger partial charge in [-0.15, -0.1) is 11.5 Å². The first-order valence-electron chi connectivity index (χ1n) is 11.6. The minimum Gasteiger partial charge on any atom is -0.510 e. The van der Waals surface area contributed by atoms with E-state index in [1.165, 1.54) is 37.9 Å². The van der Waals surface area contributed by atoms with Crippen molar-refractivity contribution < 1.29 is 21.1 Å². The second-order valence-corrected chi connectivity index (χ2v) is 13.8. The summed E-state index contributed by atoms with van der Waals surface area (Å²) in [5.74, 6) is 0. The van der Waals surface area contributed by atoms with E-state index >= 15 is 0 Å². The van der Waals surface area contributed by atoms with E-state index in [0.29, 0.717) is 0 Å². The van der Waals surface area contributed by atoms with Gasteiger partial charge in [-0.3, -0.25) is 0 Å². The molecular weight excluding hydrogens is 638 g/mol. The van der Waals surface area contributed by atoms with Gasteiger partial charge < -0.3 is 21.8 Å². The van der Waals surface area contributed by atoms with Gasteiger partial charge in [0, 0.05) is 11.2 Å². The molecule has 0 unspecified atom stereocenters. The van der Waals surface area contributed by atoms with Crippen LogP contribution in [0.4, 0.5) is 5.69 Å². The van der Waals surface area contributed by atoms with Gasteiger partial charge >= 0.3 is 21.1 Å². The van der Waals surface area contributed by atoms with E-state index < -0.39 is 8.07 Å². The maximum absolute atomic E-state index is 3.70. The van der Waals surface area contributed by atoms with Gasteiger partial charge in [0.25, 0.3) is 0 Å². The van der Waals surface area contributed by atoms with E-state index in [9.17, 15) is 0 Å². The Kier molecular flexibility index (Phi) is 7.31. The van der Waals surface area contributed by atoms with E-state index in [-0.39, 0.29) is 28.5 Å². The molecule has 182 valence electrons. The molecule has 1 aliphatic rings. The average molecular weight is 667 g/mol. The Morgan fingerprint density at radius 3 is 2.36 bits per heavy atom. The average Bonchev–Trinajstić information content (AvgIpc) is 3.45. The molecule has 0 radical (unpaired) electrons. The summed E-state index contributed by atoms with van der Waals surface area (Å²) in [6, 6.07) is 37.4. The van der Waals surface area contributed by atoms with Crippen molar-refractivity contribution in [3.63, 3.8) is 0 Å². The first-order valence-corrected chi connectivity index (χ1v) is 14.6. The predicted octanol–water partition coefficient (Wildman–Crippen LogP) is 6.00. The van der Waals surface area contributed by atoms with Gasteiger partial charge in [0.15, 0.2) is 0 Å². The Morgan fingerprint density at radius 2 is 1.61 bits per heavy atom. The number of hydrogen-bond donors (Lipinski definition) is 0. The molecule has 5 aromatic rings. The summed E-state index contributed by atoms with van der Waals surface area (Å²) in [4.78, 5) is 4.24. The molecule has 6 rings (SSSR count). The normalized spacial score (nSPS) is 13.2. The third-order valence-electron chi connectivity index (χ3n) is 6.85. The summed E-state index contributed by atoms with van der Waals surface area (Å²) in [6.07, 6.45) is 4.16. The summed E-state index contributed by atoms with van der Waals surface area (Å²) in [6.45, 7) is 6.94. The van der Waals surface area contributed by atoms with Crippen LogP contribution in [0.5, 0.6) is 0 Å². The summed E-state index contributed by atoms with van der Waals surface area (Å²) < 4.78 is 2.30. The fourth-order valence-electron chi connectivity index (χ4n) is 4.87. The number of anilines is 1. The summed E-state index contributed by atoms with van der Waals surface area (Å²) in [5.41, 5.74) is 4.62. The Morgan fingerprint density at radius 1 is 0.806 bits per heavy atom. The molecule has 0 aliphatic carbocycles. The molecule has 0 saturated carbocycles. The molecule has 1 aliphatic heterocycles. The maximum Gasteiger partial charge on any atom is 4.00 e. The van der Waals surface area contributed by atoms with Crippen LogP contribution in [0.15, 0.2) is 97.3 Å². The monoisotopic (exact) mass is 666 g/mol. The van der Waals surface area contributed by atoms with Crippen LogP contribution in [0.1, 0.15) is 0 Å². The molecule has 0 spiro atoms. The zero-order chi connectivity index (χ0) is 23.3. The number of hydrogen-bond acceptors (Lipinski definition) is 2. The second-order valence-electron chi connectivity index (χ2n) is 9.41. The molecule has 0 bridgehead atoms. The molecule has 0 N–H and O–H groups in total. The molecule has 2 heterocycles. The molecular formula is C31H29N3PtSi. The summed E-state index contributed by atoms with van der Waals surface area (Å²) >= 11 is 0. The first-order chi connectivity index (χ1) is 16.5. The zero-order valence-corrected chi connectivity index (χ0v) is 24.2. The first kappa shape index (κ1) is 26.0. The topological polar surface area (TPSA) is 11.4 Å². The van der Waals surface area contributed by atoms with Crippen LogP contribution in [0, 0.1) is 26.2 Å². The molecule has 3 nitrogen and oxygen atoms in total. The Labute approximate surface area is 229 Å². The molecule has 5 heteroatoms. The van der Waals surface area contributed by atoms with Crippen molar-refractivity contribution in [2.24, 2.45) is 0 Å². The van der Waals surface area contributed by atoms with E-state index in [0.717, 1.165) is 5.69 Å². The molecule has 4 aromatic carbocycles. The fourth-order valence-corrected chi connectivity index (χ4v) is 7.14. The quantitative estimate of drug-likeness (QED) is 0.172. The van der Waals surface area contributed by atoms with Crippen molar-refractivity contribution in [2.75, 3.05) is 11.9 Å². The molecule has 0 amide bonds. The van der Waals surface area contributed by atoms with Crippen LogP contribution in [0.3, 0.4) is 0 Å². The van der Waals surface area contributed by atoms with Gasteiger partial charge in [0.05, 0.1) is 8.07 Å². The fraction of sp³-hybridized carbons (Fsp3) is 0.0968. The zero-order valence-electron chi connectivity index (χ0n) is 21.0. The number of benzene rings is 4. The molecule has 36 heavy (non-hydrogen) atoms. The minimum atomic E-state index is -1.98. The minimum absolute atomic E-state index is 0. The van der Waals surface area contributed by atoms with Crippen molar-refractivity contribution in [1.82, 2.24) is 9.47 Å². The molecule has 1 aromatic heterocycles. The number of para-hydroxylation sites is 2.